The topological polar surface area (TPSA) is 165 Å². The average molecular weight is 586 g/mol. The molecule has 0 aliphatic carbocycles. The van der Waals surface area contributed by atoms with E-state index in [-0.39, 0.29) is 24.6 Å². The molecule has 3 rings (SSSR count). The number of carbonyl (C=O) groups excluding carboxylic acids is 5. The van der Waals surface area contributed by atoms with E-state index in [2.05, 4.69) is 31.5 Å². The fraction of sp³-hybridized carbons (Fsp3) is 0.500. The summed E-state index contributed by atoms with van der Waals surface area (Å²) < 4.78 is 0. The number of aromatic amines is 1. The Bertz CT molecular complexity index is 1190. The number of amides is 5. The zero-order chi connectivity index (χ0) is 29.9. The lowest BCUT2D eigenvalue weighted by molar-refractivity contribution is -0.134. The molecule has 1 fully saturated rings. The number of benzene rings is 1. The Morgan fingerprint density at radius 1 is 1.02 bits per heavy atom. The predicted octanol–water partition coefficient (Wildman–Crippen LogP) is 0.476. The summed E-state index contributed by atoms with van der Waals surface area (Å²) in [5.41, 5.74) is 1.16. The number of carbonyl (C=O) groups is 5. The molecule has 12 nitrogen and oxygen atoms in total. The lowest BCUT2D eigenvalue weighted by atomic mass is 10.0. The van der Waals surface area contributed by atoms with Crippen LogP contribution in [0.5, 0.6) is 0 Å². The fourth-order valence-electron chi connectivity index (χ4n) is 4.49. The summed E-state index contributed by atoms with van der Waals surface area (Å²) in [4.78, 5) is 67.8. The van der Waals surface area contributed by atoms with E-state index in [4.69, 9.17) is 0 Å². The standard InChI is InChI=1S/C28H39N7O5S/c1-17(2)24-27(39)33-22(10-11-41-4)26(38)31-18(3)25(37)32-21(12-19-8-6-5-7-9-19)15-35(16-23(36)34-24)28(40)20-13-29-30-14-20/h5-9,13-14,17-18,21-22,24H,10-12,15-16H2,1-4H3,(H,29,30)(H,31,38)(H,32,37)(H,33,39)(H,34,36)/t18-,21+,22-,24-/m0/s1. The highest BCUT2D eigenvalue weighted by molar-refractivity contribution is 7.98. The minimum absolute atomic E-state index is 0.00633. The van der Waals surface area contributed by atoms with Gasteiger partial charge in [0, 0.05) is 12.7 Å². The van der Waals surface area contributed by atoms with Crippen molar-refractivity contribution >= 4 is 41.3 Å². The highest BCUT2D eigenvalue weighted by atomic mass is 32.2. The van der Waals surface area contributed by atoms with Crippen molar-refractivity contribution in [3.05, 3.63) is 53.9 Å². The molecular formula is C28H39N7O5S. The van der Waals surface area contributed by atoms with Crippen LogP contribution in [0, 0.1) is 5.92 Å². The highest BCUT2D eigenvalue weighted by Gasteiger charge is 2.32. The zero-order valence-electron chi connectivity index (χ0n) is 23.8. The maximum Gasteiger partial charge on any atom is 0.257 e. The number of rotatable bonds is 7. The lowest BCUT2D eigenvalue weighted by Gasteiger charge is -2.29. The van der Waals surface area contributed by atoms with Gasteiger partial charge in [0.15, 0.2) is 0 Å². The molecule has 0 radical (unpaired) electrons. The molecule has 5 N–H and O–H groups in total. The molecular weight excluding hydrogens is 546 g/mol. The number of nitrogens with one attached hydrogen (secondary N) is 5. The Morgan fingerprint density at radius 3 is 2.39 bits per heavy atom. The molecule has 1 aliphatic rings. The van der Waals surface area contributed by atoms with E-state index in [9.17, 15) is 24.0 Å². The highest BCUT2D eigenvalue weighted by Crippen LogP contribution is 2.11. The molecule has 13 heteroatoms. The van der Waals surface area contributed by atoms with Crippen LogP contribution < -0.4 is 21.3 Å². The van der Waals surface area contributed by atoms with Crippen molar-refractivity contribution in [3.63, 3.8) is 0 Å². The van der Waals surface area contributed by atoms with E-state index in [0.29, 0.717) is 18.6 Å². The van der Waals surface area contributed by atoms with Crippen molar-refractivity contribution in [2.24, 2.45) is 5.92 Å². The number of aromatic nitrogens is 2. The normalized spacial score (nSPS) is 23.1. The second kappa shape index (κ2) is 15.2. The molecule has 1 aromatic heterocycles. The van der Waals surface area contributed by atoms with Crippen LogP contribution >= 0.6 is 11.8 Å². The van der Waals surface area contributed by atoms with E-state index in [0.717, 1.165) is 5.56 Å². The number of hydrogen-bond acceptors (Lipinski definition) is 7. The minimum Gasteiger partial charge on any atom is -0.349 e. The Morgan fingerprint density at radius 2 is 1.76 bits per heavy atom. The van der Waals surface area contributed by atoms with E-state index >= 15 is 0 Å². The summed E-state index contributed by atoms with van der Waals surface area (Å²) in [5, 5.41) is 17.6. The molecule has 222 valence electrons. The first-order chi connectivity index (χ1) is 19.6. The van der Waals surface area contributed by atoms with Crippen molar-refractivity contribution in [2.45, 2.75) is 57.8 Å². The zero-order valence-corrected chi connectivity index (χ0v) is 24.6. The first-order valence-electron chi connectivity index (χ1n) is 13.6. The molecule has 2 heterocycles. The Balaban J connectivity index is 1.98. The van der Waals surface area contributed by atoms with Crippen molar-refractivity contribution < 1.29 is 24.0 Å². The van der Waals surface area contributed by atoms with Gasteiger partial charge in [-0.3, -0.25) is 29.1 Å². The molecule has 0 unspecified atom stereocenters. The molecule has 2 aromatic rings. The SMILES string of the molecule is CSCC[C@@H]1NC(=O)[C@H](C(C)C)NC(=O)CN(C(=O)c2cn[nH]c2)C[C@@H](Cc2ccccc2)NC(=O)[C@H](C)NC1=O. The average Bonchev–Trinajstić information content (AvgIpc) is 3.48. The van der Waals surface area contributed by atoms with Gasteiger partial charge in [-0.2, -0.15) is 16.9 Å². The smallest absolute Gasteiger partial charge is 0.257 e. The van der Waals surface area contributed by atoms with Gasteiger partial charge in [0.05, 0.1) is 24.3 Å². The first kappa shape index (κ1) is 31.7. The minimum atomic E-state index is -0.944. The first-order valence-corrected chi connectivity index (χ1v) is 15.0. The second-order valence-corrected chi connectivity index (χ2v) is 11.4. The van der Waals surface area contributed by atoms with Gasteiger partial charge >= 0.3 is 0 Å². The fourth-order valence-corrected chi connectivity index (χ4v) is 4.97. The second-order valence-electron chi connectivity index (χ2n) is 10.4. The van der Waals surface area contributed by atoms with Crippen LogP contribution in [0.15, 0.2) is 42.7 Å². The number of nitrogens with zero attached hydrogens (tertiary/aromatic N) is 2. The van der Waals surface area contributed by atoms with Gasteiger partial charge in [0.1, 0.15) is 18.1 Å². The Kier molecular flexibility index (Phi) is 11.7. The number of thioether (sulfide) groups is 1. The third kappa shape index (κ3) is 9.34. The van der Waals surface area contributed by atoms with E-state index in [1.165, 1.54) is 29.1 Å². The van der Waals surface area contributed by atoms with Gasteiger partial charge < -0.3 is 26.2 Å². The molecule has 0 bridgehead atoms. The van der Waals surface area contributed by atoms with E-state index < -0.39 is 53.7 Å². The Labute approximate surface area is 244 Å². The van der Waals surface area contributed by atoms with E-state index in [1.54, 1.807) is 20.8 Å². The van der Waals surface area contributed by atoms with Crippen LogP contribution in [0.1, 0.15) is 43.1 Å². The lowest BCUT2D eigenvalue weighted by Crippen LogP contribution is -2.57. The van der Waals surface area contributed by atoms with Crippen LogP contribution in [0.3, 0.4) is 0 Å². The molecule has 1 saturated heterocycles. The summed E-state index contributed by atoms with van der Waals surface area (Å²) in [6, 6.07) is 6.09. The van der Waals surface area contributed by atoms with Crippen LogP contribution in [0.2, 0.25) is 0 Å². The molecule has 1 aromatic carbocycles. The van der Waals surface area contributed by atoms with Crippen LogP contribution in [0.4, 0.5) is 0 Å². The van der Waals surface area contributed by atoms with Gasteiger partial charge in [0.25, 0.3) is 5.91 Å². The third-order valence-corrected chi connectivity index (χ3v) is 7.38. The molecule has 5 amide bonds. The summed E-state index contributed by atoms with van der Waals surface area (Å²) in [6.07, 6.45) is 5.39. The monoisotopic (exact) mass is 585 g/mol. The maximum absolute atomic E-state index is 13.4. The van der Waals surface area contributed by atoms with Gasteiger partial charge in [0.2, 0.25) is 23.6 Å². The van der Waals surface area contributed by atoms with Crippen LogP contribution in [0.25, 0.3) is 0 Å². The maximum atomic E-state index is 13.4. The Hall–Kier alpha value is -3.87. The number of H-pyrrole nitrogens is 1. The third-order valence-electron chi connectivity index (χ3n) is 6.74. The van der Waals surface area contributed by atoms with Gasteiger partial charge in [-0.1, -0.05) is 44.2 Å². The largest absolute Gasteiger partial charge is 0.349 e. The molecule has 0 spiro atoms. The van der Waals surface area contributed by atoms with Gasteiger partial charge in [-0.15, -0.1) is 0 Å². The van der Waals surface area contributed by atoms with Crippen molar-refractivity contribution in [1.29, 1.82) is 0 Å². The van der Waals surface area contributed by atoms with Crippen molar-refractivity contribution in [3.8, 4) is 0 Å². The molecule has 0 saturated carbocycles. The summed E-state index contributed by atoms with van der Waals surface area (Å²) >= 11 is 1.52. The number of hydrogen-bond donors (Lipinski definition) is 5. The summed E-state index contributed by atoms with van der Waals surface area (Å²) in [6.45, 7) is 4.77. The van der Waals surface area contributed by atoms with Crippen molar-refractivity contribution in [1.82, 2.24) is 36.4 Å². The van der Waals surface area contributed by atoms with Crippen molar-refractivity contribution in [2.75, 3.05) is 25.1 Å². The van der Waals surface area contributed by atoms with Crippen LogP contribution in [-0.2, 0) is 25.6 Å². The quantitative estimate of drug-likeness (QED) is 0.315. The van der Waals surface area contributed by atoms with Crippen LogP contribution in [-0.4, -0.2) is 93.9 Å². The molecule has 41 heavy (non-hydrogen) atoms. The molecule has 4 atom stereocenters. The van der Waals surface area contributed by atoms with Gasteiger partial charge in [-0.25, -0.2) is 0 Å². The van der Waals surface area contributed by atoms with E-state index in [1.807, 2.05) is 36.6 Å². The summed E-state index contributed by atoms with van der Waals surface area (Å²) in [7, 11) is 0. The summed E-state index contributed by atoms with van der Waals surface area (Å²) in [5.74, 6) is -2.17. The van der Waals surface area contributed by atoms with Gasteiger partial charge in [-0.05, 0) is 43.3 Å². The molecule has 1 aliphatic heterocycles. The predicted molar refractivity (Wildman–Crippen MR) is 156 cm³/mol.